The summed E-state index contributed by atoms with van der Waals surface area (Å²) in [5, 5.41) is 4.82. The number of benzene rings is 2. The van der Waals surface area contributed by atoms with Crippen molar-refractivity contribution in [3.63, 3.8) is 0 Å². The van der Waals surface area contributed by atoms with Crippen LogP contribution in [0.15, 0.2) is 47.0 Å². The maximum absolute atomic E-state index is 13.0. The van der Waals surface area contributed by atoms with Crippen molar-refractivity contribution in [2.45, 2.75) is 33.4 Å². The molecule has 0 saturated heterocycles. The summed E-state index contributed by atoms with van der Waals surface area (Å²) in [6.07, 6.45) is 0. The van der Waals surface area contributed by atoms with Crippen LogP contribution in [0.5, 0.6) is 0 Å². The smallest absolute Gasteiger partial charge is 0.256 e. The molecule has 3 rings (SSSR count). The fourth-order valence-electron chi connectivity index (χ4n) is 2.59. The zero-order valence-electron chi connectivity index (χ0n) is 15.2. The summed E-state index contributed by atoms with van der Waals surface area (Å²) in [6.45, 7) is 6.01. The molecule has 0 atom stereocenters. The number of rotatable bonds is 5. The Morgan fingerprint density at radius 1 is 1.15 bits per heavy atom. The number of halogens is 2. The Kier molecular flexibility index (Phi) is 5.82. The summed E-state index contributed by atoms with van der Waals surface area (Å²) < 4.78 is 5.36. The molecule has 0 aliphatic heterocycles. The van der Waals surface area contributed by atoms with Crippen LogP contribution in [0.3, 0.4) is 0 Å². The van der Waals surface area contributed by atoms with Crippen molar-refractivity contribution in [1.82, 2.24) is 15.0 Å². The third-order valence-corrected chi connectivity index (χ3v) is 4.69. The lowest BCUT2D eigenvalue weighted by Gasteiger charge is -2.25. The topological polar surface area (TPSA) is 59.2 Å². The Morgan fingerprint density at radius 2 is 1.85 bits per heavy atom. The van der Waals surface area contributed by atoms with E-state index in [9.17, 15) is 4.79 Å². The van der Waals surface area contributed by atoms with Crippen LogP contribution in [0.1, 0.15) is 35.7 Å². The molecule has 0 aliphatic carbocycles. The van der Waals surface area contributed by atoms with Crippen LogP contribution in [-0.4, -0.2) is 27.0 Å². The van der Waals surface area contributed by atoms with Crippen molar-refractivity contribution in [3.8, 4) is 11.4 Å². The Bertz CT molecular complexity index is 952. The number of hydrogen-bond acceptors (Lipinski definition) is 4. The first-order valence-electron chi connectivity index (χ1n) is 8.51. The molecule has 27 heavy (non-hydrogen) atoms. The number of aryl methyl sites for hydroxylation is 1. The summed E-state index contributed by atoms with van der Waals surface area (Å²) in [6, 6.07) is 12.5. The van der Waals surface area contributed by atoms with Gasteiger partial charge in [-0.05, 0) is 39.0 Å². The van der Waals surface area contributed by atoms with Crippen LogP contribution in [0.4, 0.5) is 0 Å². The Hall–Kier alpha value is -2.37. The number of carbonyl (C=O) groups excluding carboxylic acids is 1. The average molecular weight is 404 g/mol. The second-order valence-corrected chi connectivity index (χ2v) is 7.37. The van der Waals surface area contributed by atoms with Crippen molar-refractivity contribution >= 4 is 29.1 Å². The quantitative estimate of drug-likeness (QED) is 0.571. The summed E-state index contributed by atoms with van der Waals surface area (Å²) in [7, 11) is 0. The average Bonchev–Trinajstić information content (AvgIpc) is 3.10. The van der Waals surface area contributed by atoms with Gasteiger partial charge in [-0.15, -0.1) is 0 Å². The van der Waals surface area contributed by atoms with Gasteiger partial charge in [-0.25, -0.2) is 0 Å². The van der Waals surface area contributed by atoms with Crippen LogP contribution >= 0.6 is 23.2 Å². The standard InChI is InChI=1S/C20H19Cl2N3O2/c1-12(2)25(20(26)16-10-15(21)8-9-17(16)22)11-18-23-19(24-27-18)14-6-4-13(3)5-7-14/h4-10,12H,11H2,1-3H3. The highest BCUT2D eigenvalue weighted by atomic mass is 35.5. The predicted octanol–water partition coefficient (Wildman–Crippen LogP) is 5.40. The molecule has 0 radical (unpaired) electrons. The molecule has 5 nitrogen and oxygen atoms in total. The molecule has 7 heteroatoms. The van der Waals surface area contributed by atoms with E-state index in [1.165, 1.54) is 0 Å². The monoisotopic (exact) mass is 403 g/mol. The number of aromatic nitrogens is 2. The maximum atomic E-state index is 13.0. The van der Waals surface area contributed by atoms with Crippen LogP contribution in [0.2, 0.25) is 10.0 Å². The summed E-state index contributed by atoms with van der Waals surface area (Å²) in [4.78, 5) is 19.0. The molecule has 0 spiro atoms. The van der Waals surface area contributed by atoms with Crippen molar-refractivity contribution < 1.29 is 9.32 Å². The second-order valence-electron chi connectivity index (χ2n) is 6.53. The van der Waals surface area contributed by atoms with Gasteiger partial charge in [-0.1, -0.05) is 58.2 Å². The highest BCUT2D eigenvalue weighted by molar-refractivity contribution is 6.35. The highest BCUT2D eigenvalue weighted by Crippen LogP contribution is 2.24. The molecule has 140 valence electrons. The minimum absolute atomic E-state index is 0.0951. The van der Waals surface area contributed by atoms with Crippen molar-refractivity contribution in [2.75, 3.05) is 0 Å². The van der Waals surface area contributed by atoms with Gasteiger partial charge in [0.25, 0.3) is 5.91 Å². The van der Waals surface area contributed by atoms with Gasteiger partial charge in [0.2, 0.25) is 11.7 Å². The van der Waals surface area contributed by atoms with Gasteiger partial charge in [0.05, 0.1) is 10.6 Å². The SMILES string of the molecule is Cc1ccc(-c2noc(CN(C(=O)c3cc(Cl)ccc3Cl)C(C)C)n2)cc1. The number of amides is 1. The van der Waals surface area contributed by atoms with Gasteiger partial charge in [0.1, 0.15) is 6.54 Å². The summed E-state index contributed by atoms with van der Waals surface area (Å²) in [5.41, 5.74) is 2.35. The van der Waals surface area contributed by atoms with Gasteiger partial charge >= 0.3 is 0 Å². The normalized spacial score (nSPS) is 11.0. The van der Waals surface area contributed by atoms with E-state index in [0.717, 1.165) is 11.1 Å². The first kappa shape index (κ1) is 19.4. The number of hydrogen-bond donors (Lipinski definition) is 0. The molecule has 0 fully saturated rings. The molecule has 0 N–H and O–H groups in total. The van der Waals surface area contributed by atoms with E-state index in [-0.39, 0.29) is 18.5 Å². The molecule has 1 heterocycles. The number of nitrogens with zero attached hydrogens (tertiary/aromatic N) is 3. The van der Waals surface area contributed by atoms with E-state index in [4.69, 9.17) is 27.7 Å². The molecule has 0 saturated carbocycles. The minimum Gasteiger partial charge on any atom is -0.337 e. The Labute approximate surface area is 167 Å². The van der Waals surface area contributed by atoms with E-state index >= 15 is 0 Å². The zero-order chi connectivity index (χ0) is 19.6. The molecule has 2 aromatic carbocycles. The minimum atomic E-state index is -0.243. The van der Waals surface area contributed by atoms with Gasteiger partial charge in [-0.2, -0.15) is 4.98 Å². The Morgan fingerprint density at radius 3 is 2.52 bits per heavy atom. The lowest BCUT2D eigenvalue weighted by atomic mass is 10.1. The zero-order valence-corrected chi connectivity index (χ0v) is 16.8. The largest absolute Gasteiger partial charge is 0.337 e. The predicted molar refractivity (Wildman–Crippen MR) is 106 cm³/mol. The van der Waals surface area contributed by atoms with E-state index in [1.54, 1.807) is 23.1 Å². The molecule has 1 amide bonds. The molecule has 0 aliphatic rings. The lowest BCUT2D eigenvalue weighted by molar-refractivity contribution is 0.0667. The van der Waals surface area contributed by atoms with Crippen molar-refractivity contribution in [2.24, 2.45) is 0 Å². The third-order valence-electron chi connectivity index (χ3n) is 4.13. The molecular formula is C20H19Cl2N3O2. The first-order valence-corrected chi connectivity index (χ1v) is 9.26. The van der Waals surface area contributed by atoms with Crippen LogP contribution in [-0.2, 0) is 6.54 Å². The molecule has 0 unspecified atom stereocenters. The highest BCUT2D eigenvalue weighted by Gasteiger charge is 2.24. The van der Waals surface area contributed by atoms with Crippen LogP contribution in [0, 0.1) is 6.92 Å². The van der Waals surface area contributed by atoms with E-state index in [0.29, 0.717) is 27.3 Å². The van der Waals surface area contributed by atoms with Crippen molar-refractivity contribution in [1.29, 1.82) is 0 Å². The second kappa shape index (κ2) is 8.11. The number of carbonyl (C=O) groups is 1. The van der Waals surface area contributed by atoms with E-state index in [2.05, 4.69) is 10.1 Å². The fraction of sp³-hybridized carbons (Fsp3) is 0.250. The molecule has 3 aromatic rings. The lowest BCUT2D eigenvalue weighted by Crippen LogP contribution is -2.36. The molecular weight excluding hydrogens is 385 g/mol. The van der Waals surface area contributed by atoms with Crippen LogP contribution < -0.4 is 0 Å². The van der Waals surface area contributed by atoms with Gasteiger partial charge < -0.3 is 9.42 Å². The summed E-state index contributed by atoms with van der Waals surface area (Å²) >= 11 is 12.2. The van der Waals surface area contributed by atoms with E-state index < -0.39 is 0 Å². The van der Waals surface area contributed by atoms with Crippen LogP contribution in [0.25, 0.3) is 11.4 Å². The van der Waals surface area contributed by atoms with Gasteiger partial charge in [0.15, 0.2) is 0 Å². The van der Waals surface area contributed by atoms with Crippen molar-refractivity contribution in [3.05, 3.63) is 69.5 Å². The molecule has 0 bridgehead atoms. The third kappa shape index (κ3) is 4.49. The fourth-order valence-corrected chi connectivity index (χ4v) is 2.96. The van der Waals surface area contributed by atoms with Gasteiger partial charge in [0, 0.05) is 16.6 Å². The maximum Gasteiger partial charge on any atom is 0.256 e. The summed E-state index contributed by atoms with van der Waals surface area (Å²) in [5.74, 6) is 0.598. The van der Waals surface area contributed by atoms with Gasteiger partial charge in [-0.3, -0.25) is 4.79 Å². The molecule has 1 aromatic heterocycles. The Balaban J connectivity index is 1.84. The first-order chi connectivity index (χ1) is 12.8. The van der Waals surface area contributed by atoms with E-state index in [1.807, 2.05) is 45.0 Å².